The van der Waals surface area contributed by atoms with Crippen molar-refractivity contribution in [3.05, 3.63) is 52.2 Å². The van der Waals surface area contributed by atoms with Crippen LogP contribution in [0.5, 0.6) is 0 Å². The third kappa shape index (κ3) is 5.23. The highest BCUT2D eigenvalue weighted by Crippen LogP contribution is 2.12. The Labute approximate surface area is 130 Å². The van der Waals surface area contributed by atoms with E-state index in [2.05, 4.69) is 40.5 Å². The smallest absolute Gasteiger partial charge is 0.220 e. The molecule has 1 N–H and O–H groups in total. The summed E-state index contributed by atoms with van der Waals surface area (Å²) in [4.78, 5) is 15.1. The third-order valence-corrected chi connectivity index (χ3v) is 4.30. The van der Waals surface area contributed by atoms with E-state index < -0.39 is 0 Å². The molecule has 2 rings (SSSR count). The summed E-state index contributed by atoms with van der Waals surface area (Å²) in [6.45, 7) is 0.699. The van der Waals surface area contributed by atoms with Gasteiger partial charge in [0, 0.05) is 37.6 Å². The van der Waals surface area contributed by atoms with E-state index >= 15 is 0 Å². The summed E-state index contributed by atoms with van der Waals surface area (Å²) >= 11 is 1.71. The van der Waals surface area contributed by atoms with Crippen molar-refractivity contribution in [1.82, 2.24) is 5.32 Å². The van der Waals surface area contributed by atoms with Crippen LogP contribution in [-0.2, 0) is 17.6 Å². The topological polar surface area (TPSA) is 32.3 Å². The molecule has 3 nitrogen and oxygen atoms in total. The van der Waals surface area contributed by atoms with E-state index in [1.165, 1.54) is 16.1 Å². The lowest BCUT2D eigenvalue weighted by atomic mass is 10.1. The summed E-state index contributed by atoms with van der Waals surface area (Å²) < 4.78 is 0. The molecule has 0 fully saturated rings. The highest BCUT2D eigenvalue weighted by atomic mass is 32.1. The van der Waals surface area contributed by atoms with Crippen LogP contribution in [0.3, 0.4) is 0 Å². The average molecular weight is 302 g/mol. The van der Waals surface area contributed by atoms with Crippen LogP contribution in [0.15, 0.2) is 41.8 Å². The van der Waals surface area contributed by atoms with Gasteiger partial charge in [0.1, 0.15) is 0 Å². The van der Waals surface area contributed by atoms with Gasteiger partial charge in [0.05, 0.1) is 0 Å². The number of carbonyl (C=O) groups is 1. The third-order valence-electron chi connectivity index (χ3n) is 3.37. The second-order valence-electron chi connectivity index (χ2n) is 5.24. The highest BCUT2D eigenvalue weighted by molar-refractivity contribution is 7.09. The fourth-order valence-electron chi connectivity index (χ4n) is 2.09. The lowest BCUT2D eigenvalue weighted by molar-refractivity contribution is -0.121. The van der Waals surface area contributed by atoms with Crippen molar-refractivity contribution in [3.8, 4) is 0 Å². The van der Waals surface area contributed by atoms with Crippen LogP contribution in [0.4, 0.5) is 5.69 Å². The molecule has 0 bridgehead atoms. The van der Waals surface area contributed by atoms with E-state index in [0.717, 1.165) is 12.8 Å². The van der Waals surface area contributed by atoms with Gasteiger partial charge in [-0.05, 0) is 42.0 Å². The van der Waals surface area contributed by atoms with Gasteiger partial charge in [-0.15, -0.1) is 11.3 Å². The van der Waals surface area contributed by atoms with E-state index in [9.17, 15) is 4.79 Å². The van der Waals surface area contributed by atoms with E-state index in [-0.39, 0.29) is 5.91 Å². The predicted octanol–water partition coefficient (Wildman–Crippen LogP) is 3.11. The number of hydrogen-bond donors (Lipinski definition) is 1. The molecule has 1 heterocycles. The average Bonchev–Trinajstić information content (AvgIpc) is 2.99. The van der Waals surface area contributed by atoms with Crippen molar-refractivity contribution < 1.29 is 4.79 Å². The summed E-state index contributed by atoms with van der Waals surface area (Å²) in [5.41, 5.74) is 2.44. The first kappa shape index (κ1) is 15.6. The van der Waals surface area contributed by atoms with Gasteiger partial charge in [-0.25, -0.2) is 0 Å². The summed E-state index contributed by atoms with van der Waals surface area (Å²) in [6, 6.07) is 12.5. The fourth-order valence-corrected chi connectivity index (χ4v) is 2.80. The molecule has 0 unspecified atom stereocenters. The quantitative estimate of drug-likeness (QED) is 0.852. The van der Waals surface area contributed by atoms with E-state index in [4.69, 9.17) is 0 Å². The van der Waals surface area contributed by atoms with Crippen LogP contribution >= 0.6 is 11.3 Å². The van der Waals surface area contributed by atoms with Gasteiger partial charge < -0.3 is 10.2 Å². The zero-order chi connectivity index (χ0) is 15.1. The zero-order valence-corrected chi connectivity index (χ0v) is 13.5. The standard InChI is InChI=1S/C17H22N2OS/c1-19(2)15-7-5-14(6-8-15)11-12-18-17(20)10-9-16-4-3-13-21-16/h3-8,13H,9-12H2,1-2H3,(H,18,20). The second-order valence-corrected chi connectivity index (χ2v) is 6.27. The predicted molar refractivity (Wildman–Crippen MR) is 90.1 cm³/mol. The Bertz CT molecular complexity index is 547. The molecule has 1 aromatic carbocycles. The van der Waals surface area contributed by atoms with Gasteiger partial charge in [0.25, 0.3) is 0 Å². The fraction of sp³-hybridized carbons (Fsp3) is 0.353. The Balaban J connectivity index is 1.67. The molecule has 2 aromatic rings. The van der Waals surface area contributed by atoms with Crippen molar-refractivity contribution in [2.75, 3.05) is 25.5 Å². The number of anilines is 1. The molecule has 0 aliphatic heterocycles. The maximum Gasteiger partial charge on any atom is 0.220 e. The Morgan fingerprint density at radius 1 is 1.14 bits per heavy atom. The Kier molecular flexibility index (Phi) is 5.81. The molecular weight excluding hydrogens is 280 g/mol. The number of hydrogen-bond acceptors (Lipinski definition) is 3. The van der Waals surface area contributed by atoms with Crippen molar-refractivity contribution >= 4 is 22.9 Å². The molecule has 0 spiro atoms. The molecule has 0 aliphatic rings. The number of thiophene rings is 1. The lowest BCUT2D eigenvalue weighted by Crippen LogP contribution is -2.25. The van der Waals surface area contributed by atoms with Crippen LogP contribution in [0, 0.1) is 0 Å². The minimum Gasteiger partial charge on any atom is -0.378 e. The number of carbonyl (C=O) groups excluding carboxylic acids is 1. The number of amides is 1. The number of rotatable bonds is 7. The molecule has 0 atom stereocenters. The molecule has 0 saturated carbocycles. The number of nitrogens with one attached hydrogen (secondary N) is 1. The lowest BCUT2D eigenvalue weighted by Gasteiger charge is -2.12. The summed E-state index contributed by atoms with van der Waals surface area (Å²) in [5.74, 6) is 0.133. The molecule has 0 radical (unpaired) electrons. The van der Waals surface area contributed by atoms with Gasteiger partial charge in [-0.2, -0.15) is 0 Å². The van der Waals surface area contributed by atoms with Gasteiger partial charge in [-0.3, -0.25) is 4.79 Å². The Morgan fingerprint density at radius 2 is 1.90 bits per heavy atom. The van der Waals surface area contributed by atoms with Gasteiger partial charge in [0.15, 0.2) is 0 Å². The van der Waals surface area contributed by atoms with Crippen LogP contribution in [0.1, 0.15) is 16.9 Å². The van der Waals surface area contributed by atoms with Gasteiger partial charge in [0.2, 0.25) is 5.91 Å². The Morgan fingerprint density at radius 3 is 2.52 bits per heavy atom. The van der Waals surface area contributed by atoms with Crippen LogP contribution in [-0.4, -0.2) is 26.5 Å². The van der Waals surface area contributed by atoms with Crippen molar-refractivity contribution in [3.63, 3.8) is 0 Å². The normalized spacial score (nSPS) is 10.4. The minimum absolute atomic E-state index is 0.133. The number of aryl methyl sites for hydroxylation is 1. The first-order valence-electron chi connectivity index (χ1n) is 7.20. The first-order valence-corrected chi connectivity index (χ1v) is 8.08. The molecule has 1 aromatic heterocycles. The highest BCUT2D eigenvalue weighted by Gasteiger charge is 2.03. The zero-order valence-electron chi connectivity index (χ0n) is 12.6. The number of nitrogens with zero attached hydrogens (tertiary/aromatic N) is 1. The van der Waals surface area contributed by atoms with Crippen molar-refractivity contribution in [2.24, 2.45) is 0 Å². The largest absolute Gasteiger partial charge is 0.378 e. The summed E-state index contributed by atoms with van der Waals surface area (Å²) in [5, 5.41) is 5.03. The van der Waals surface area contributed by atoms with Crippen LogP contribution in [0.2, 0.25) is 0 Å². The van der Waals surface area contributed by atoms with Crippen LogP contribution < -0.4 is 10.2 Å². The van der Waals surface area contributed by atoms with Crippen molar-refractivity contribution in [2.45, 2.75) is 19.3 Å². The molecular formula is C17H22N2OS. The van der Waals surface area contributed by atoms with E-state index in [0.29, 0.717) is 13.0 Å². The number of benzene rings is 1. The van der Waals surface area contributed by atoms with Crippen molar-refractivity contribution in [1.29, 1.82) is 0 Å². The molecule has 0 aliphatic carbocycles. The molecule has 112 valence electrons. The van der Waals surface area contributed by atoms with Gasteiger partial charge >= 0.3 is 0 Å². The maximum absolute atomic E-state index is 11.8. The van der Waals surface area contributed by atoms with Gasteiger partial charge in [-0.1, -0.05) is 18.2 Å². The molecule has 1 amide bonds. The first-order chi connectivity index (χ1) is 10.1. The minimum atomic E-state index is 0.133. The van der Waals surface area contributed by atoms with E-state index in [1.807, 2.05) is 25.5 Å². The van der Waals surface area contributed by atoms with Crippen LogP contribution in [0.25, 0.3) is 0 Å². The SMILES string of the molecule is CN(C)c1ccc(CCNC(=O)CCc2cccs2)cc1. The monoisotopic (exact) mass is 302 g/mol. The second kappa shape index (κ2) is 7.84. The van der Waals surface area contributed by atoms with E-state index in [1.54, 1.807) is 11.3 Å². The summed E-state index contributed by atoms with van der Waals surface area (Å²) in [6.07, 6.45) is 2.28. The molecule has 0 saturated heterocycles. The maximum atomic E-state index is 11.8. The Hall–Kier alpha value is -1.81. The molecule has 21 heavy (non-hydrogen) atoms. The summed E-state index contributed by atoms with van der Waals surface area (Å²) in [7, 11) is 4.06. The molecule has 4 heteroatoms.